The predicted octanol–water partition coefficient (Wildman–Crippen LogP) is 4.57. The molecule has 4 heteroatoms. The highest BCUT2D eigenvalue weighted by Gasteiger charge is 2.48. The van der Waals surface area contributed by atoms with Crippen molar-refractivity contribution >= 4 is 37.6 Å². The van der Waals surface area contributed by atoms with Gasteiger partial charge in [-0.05, 0) is 29.7 Å². The van der Waals surface area contributed by atoms with Crippen molar-refractivity contribution in [1.82, 2.24) is 0 Å². The Balaban J connectivity index is 1.96. The summed E-state index contributed by atoms with van der Waals surface area (Å²) >= 11 is 7.33. The lowest BCUT2D eigenvalue weighted by Gasteiger charge is -2.26. The molecule has 0 N–H and O–H groups in total. The summed E-state index contributed by atoms with van der Waals surface area (Å²) in [7, 11) is 0. The first-order chi connectivity index (χ1) is 10.1. The van der Waals surface area contributed by atoms with Gasteiger partial charge in [-0.2, -0.15) is 5.26 Å². The van der Waals surface area contributed by atoms with Crippen LogP contribution >= 0.6 is 31.9 Å². The van der Waals surface area contributed by atoms with Crippen LogP contribution in [0.15, 0.2) is 48.5 Å². The molecule has 0 aromatic heterocycles. The predicted molar refractivity (Wildman–Crippen MR) is 89.0 cm³/mol. The van der Waals surface area contributed by atoms with E-state index in [4.69, 9.17) is 5.26 Å². The molecule has 1 aliphatic rings. The molecule has 0 saturated carbocycles. The van der Waals surface area contributed by atoms with Crippen LogP contribution in [-0.2, 0) is 6.42 Å². The van der Waals surface area contributed by atoms with Crippen molar-refractivity contribution in [2.45, 2.75) is 15.6 Å². The SMILES string of the molecule is N#Cc1ccc(C(Br)C2(Br)Cc3ccccc3C2=O)cc1. The maximum Gasteiger partial charge on any atom is 0.181 e. The Morgan fingerprint density at radius 3 is 2.43 bits per heavy atom. The molecule has 0 fully saturated rings. The number of carbonyl (C=O) groups is 1. The molecule has 0 aliphatic heterocycles. The number of nitriles is 1. The second-order valence-corrected chi connectivity index (χ2v) is 7.45. The number of carbonyl (C=O) groups excluding carboxylic acids is 1. The number of rotatable bonds is 2. The molecule has 2 aromatic rings. The Kier molecular flexibility index (Phi) is 3.73. The van der Waals surface area contributed by atoms with Crippen LogP contribution in [0.2, 0.25) is 0 Å². The van der Waals surface area contributed by atoms with Gasteiger partial charge in [0.05, 0.1) is 16.5 Å². The van der Waals surface area contributed by atoms with Crippen molar-refractivity contribution in [1.29, 1.82) is 5.26 Å². The molecule has 1 aliphatic carbocycles. The van der Waals surface area contributed by atoms with Gasteiger partial charge in [-0.25, -0.2) is 0 Å². The molecule has 2 atom stereocenters. The van der Waals surface area contributed by atoms with Gasteiger partial charge >= 0.3 is 0 Å². The quantitative estimate of drug-likeness (QED) is 0.688. The van der Waals surface area contributed by atoms with Crippen molar-refractivity contribution in [3.8, 4) is 6.07 Å². The first-order valence-corrected chi connectivity index (χ1v) is 8.23. The number of nitrogens with zero attached hydrogens (tertiary/aromatic N) is 1. The van der Waals surface area contributed by atoms with Gasteiger partial charge in [0.15, 0.2) is 5.78 Å². The Bertz CT molecular complexity index is 748. The molecule has 0 spiro atoms. The van der Waals surface area contributed by atoms with Crippen LogP contribution in [0, 0.1) is 11.3 Å². The monoisotopic (exact) mass is 403 g/mol. The van der Waals surface area contributed by atoms with Crippen molar-refractivity contribution in [2.24, 2.45) is 0 Å². The summed E-state index contributed by atoms with van der Waals surface area (Å²) in [5.74, 6) is 0.101. The molecular weight excluding hydrogens is 394 g/mol. The number of hydrogen-bond acceptors (Lipinski definition) is 2. The van der Waals surface area contributed by atoms with Crippen LogP contribution in [0.1, 0.15) is 31.9 Å². The van der Waals surface area contributed by atoms with Crippen molar-refractivity contribution in [3.05, 3.63) is 70.8 Å². The zero-order chi connectivity index (χ0) is 15.0. The highest BCUT2D eigenvalue weighted by Crippen LogP contribution is 2.49. The van der Waals surface area contributed by atoms with Gasteiger partial charge in [0.1, 0.15) is 4.32 Å². The molecule has 0 bridgehead atoms. The lowest BCUT2D eigenvalue weighted by molar-refractivity contribution is 0.0960. The summed E-state index contributed by atoms with van der Waals surface area (Å²) in [6.07, 6.45) is 0.651. The zero-order valence-electron chi connectivity index (χ0n) is 11.0. The van der Waals surface area contributed by atoms with E-state index < -0.39 is 4.32 Å². The number of alkyl halides is 2. The summed E-state index contributed by atoms with van der Waals surface area (Å²) in [6.45, 7) is 0. The minimum atomic E-state index is -0.676. The van der Waals surface area contributed by atoms with Crippen LogP contribution < -0.4 is 0 Å². The average Bonchev–Trinajstić information content (AvgIpc) is 2.79. The third kappa shape index (κ3) is 2.35. The molecule has 21 heavy (non-hydrogen) atoms. The van der Waals surface area contributed by atoms with Gasteiger partial charge in [-0.3, -0.25) is 4.79 Å². The van der Waals surface area contributed by atoms with E-state index in [1.165, 1.54) is 0 Å². The number of fused-ring (bicyclic) bond motifs is 1. The smallest absolute Gasteiger partial charge is 0.181 e. The molecule has 2 unspecified atom stereocenters. The average molecular weight is 405 g/mol. The van der Waals surface area contributed by atoms with Gasteiger partial charge < -0.3 is 0 Å². The van der Waals surface area contributed by atoms with E-state index in [-0.39, 0.29) is 10.6 Å². The van der Waals surface area contributed by atoms with E-state index in [0.29, 0.717) is 12.0 Å². The first-order valence-electron chi connectivity index (χ1n) is 6.52. The fourth-order valence-corrected chi connectivity index (χ4v) is 4.13. The fourth-order valence-electron chi connectivity index (χ4n) is 2.67. The standard InChI is InChI=1S/C17H11Br2NO/c18-15(12-7-5-11(10-20)6-8-12)17(19)9-13-3-1-2-4-14(13)16(17)21/h1-8,15H,9H2. The highest BCUT2D eigenvalue weighted by atomic mass is 79.9. The van der Waals surface area contributed by atoms with Crippen LogP contribution in [0.4, 0.5) is 0 Å². The maximum atomic E-state index is 12.7. The summed E-state index contributed by atoms with van der Waals surface area (Å²) in [5.41, 5.74) is 3.44. The van der Waals surface area contributed by atoms with Gasteiger partial charge in [-0.15, -0.1) is 0 Å². The van der Waals surface area contributed by atoms with Crippen molar-refractivity contribution < 1.29 is 4.79 Å². The number of halogens is 2. The Morgan fingerprint density at radius 1 is 1.14 bits per heavy atom. The molecule has 0 radical (unpaired) electrons. The fraction of sp³-hybridized carbons (Fsp3) is 0.176. The number of hydrogen-bond donors (Lipinski definition) is 0. The van der Waals surface area contributed by atoms with Gasteiger partial charge in [0, 0.05) is 5.56 Å². The third-order valence-electron chi connectivity index (χ3n) is 3.82. The summed E-state index contributed by atoms with van der Waals surface area (Å²) < 4.78 is -0.676. The van der Waals surface area contributed by atoms with Crippen LogP contribution in [0.3, 0.4) is 0 Å². The molecule has 2 nitrogen and oxygen atoms in total. The lowest BCUT2D eigenvalue weighted by Crippen LogP contribution is -2.33. The van der Waals surface area contributed by atoms with Crippen molar-refractivity contribution in [2.75, 3.05) is 0 Å². The minimum Gasteiger partial charge on any atom is -0.293 e. The van der Waals surface area contributed by atoms with E-state index in [0.717, 1.165) is 16.7 Å². The number of benzene rings is 2. The molecule has 2 aromatic carbocycles. The van der Waals surface area contributed by atoms with Gasteiger partial charge in [0.2, 0.25) is 0 Å². The zero-order valence-corrected chi connectivity index (χ0v) is 14.2. The third-order valence-corrected chi connectivity index (χ3v) is 6.84. The second-order valence-electron chi connectivity index (χ2n) is 5.12. The Morgan fingerprint density at radius 2 is 1.81 bits per heavy atom. The normalized spacial score (nSPS) is 21.7. The van der Waals surface area contributed by atoms with E-state index in [2.05, 4.69) is 37.9 Å². The summed E-state index contributed by atoms with van der Waals surface area (Å²) in [4.78, 5) is 12.6. The maximum absolute atomic E-state index is 12.7. The summed E-state index contributed by atoms with van der Waals surface area (Å²) in [5, 5.41) is 8.86. The number of ketones is 1. The Labute approximate surface area is 140 Å². The summed E-state index contributed by atoms with van der Waals surface area (Å²) in [6, 6.07) is 17.1. The molecule has 104 valence electrons. The molecule has 0 saturated heterocycles. The van der Waals surface area contributed by atoms with E-state index >= 15 is 0 Å². The minimum absolute atomic E-state index is 0.101. The highest BCUT2D eigenvalue weighted by molar-refractivity contribution is 9.12. The largest absolute Gasteiger partial charge is 0.293 e. The number of Topliss-reactive ketones (excluding diaryl/α,β-unsaturated/α-hetero) is 1. The van der Waals surface area contributed by atoms with E-state index in [1.54, 1.807) is 12.1 Å². The molecule has 3 rings (SSSR count). The van der Waals surface area contributed by atoms with Crippen LogP contribution in [0.5, 0.6) is 0 Å². The van der Waals surface area contributed by atoms with Crippen LogP contribution in [-0.4, -0.2) is 10.1 Å². The van der Waals surface area contributed by atoms with Crippen LogP contribution in [0.25, 0.3) is 0 Å². The second kappa shape index (κ2) is 5.40. The molecule has 0 heterocycles. The van der Waals surface area contributed by atoms with E-state index in [1.807, 2.05) is 36.4 Å². The topological polar surface area (TPSA) is 40.9 Å². The molecular formula is C17H11Br2NO. The first kappa shape index (κ1) is 14.5. The van der Waals surface area contributed by atoms with Crippen molar-refractivity contribution in [3.63, 3.8) is 0 Å². The van der Waals surface area contributed by atoms with E-state index in [9.17, 15) is 4.79 Å². The Hall–Kier alpha value is -1.44. The van der Waals surface area contributed by atoms with Gasteiger partial charge in [-0.1, -0.05) is 68.3 Å². The molecule has 0 amide bonds. The van der Waals surface area contributed by atoms with Gasteiger partial charge in [0.25, 0.3) is 0 Å². The lowest BCUT2D eigenvalue weighted by atomic mass is 9.94.